The van der Waals surface area contributed by atoms with Gasteiger partial charge in [0.05, 0.1) is 17.9 Å². The molecule has 1 aromatic heterocycles. The van der Waals surface area contributed by atoms with Crippen molar-refractivity contribution in [3.63, 3.8) is 0 Å². The van der Waals surface area contributed by atoms with E-state index in [0.29, 0.717) is 17.6 Å². The number of nitrogens with one attached hydrogen (secondary N) is 1. The van der Waals surface area contributed by atoms with Crippen molar-refractivity contribution in [2.24, 2.45) is 0 Å². The molecule has 0 atom stereocenters. The number of aromatic nitrogens is 2. The Labute approximate surface area is 166 Å². The fourth-order valence-corrected chi connectivity index (χ4v) is 3.01. The van der Waals surface area contributed by atoms with E-state index in [9.17, 15) is 13.6 Å². The monoisotopic (exact) mass is 401 g/mol. The standard InChI is InChI=1S/C21H18ClF2N3O/c1-13-17(8-10-21(28)25-20-9-7-16(23)11-19(20)24)14(2)27(26-13)12-15-5-3-4-6-18(15)22/h3-11H,12H2,1-2H3,(H,25,28)/b10-8+. The van der Waals surface area contributed by atoms with E-state index in [0.717, 1.165) is 28.6 Å². The second-order valence-electron chi connectivity index (χ2n) is 6.28. The van der Waals surface area contributed by atoms with Gasteiger partial charge in [-0.1, -0.05) is 29.8 Å². The molecule has 0 bridgehead atoms. The van der Waals surface area contributed by atoms with Gasteiger partial charge in [0.25, 0.3) is 0 Å². The molecule has 0 aliphatic heterocycles. The lowest BCUT2D eigenvalue weighted by Gasteiger charge is -2.06. The van der Waals surface area contributed by atoms with Crippen LogP contribution in [-0.4, -0.2) is 15.7 Å². The number of carbonyl (C=O) groups excluding carboxylic acids is 1. The molecule has 144 valence electrons. The molecule has 0 saturated carbocycles. The maximum atomic E-state index is 13.6. The number of hydrogen-bond acceptors (Lipinski definition) is 2. The van der Waals surface area contributed by atoms with E-state index >= 15 is 0 Å². The number of halogens is 3. The molecule has 1 heterocycles. The summed E-state index contributed by atoms with van der Waals surface area (Å²) >= 11 is 6.21. The van der Waals surface area contributed by atoms with Gasteiger partial charge in [0, 0.05) is 28.4 Å². The molecule has 0 fully saturated rings. The summed E-state index contributed by atoms with van der Waals surface area (Å²) in [6.07, 6.45) is 2.91. The predicted molar refractivity (Wildman–Crippen MR) is 106 cm³/mol. The molecule has 2 aromatic carbocycles. The zero-order valence-electron chi connectivity index (χ0n) is 15.3. The Morgan fingerprint density at radius 1 is 1.21 bits per heavy atom. The largest absolute Gasteiger partial charge is 0.320 e. The molecule has 0 radical (unpaired) electrons. The van der Waals surface area contributed by atoms with Crippen molar-refractivity contribution < 1.29 is 13.6 Å². The van der Waals surface area contributed by atoms with Crippen molar-refractivity contribution in [3.8, 4) is 0 Å². The van der Waals surface area contributed by atoms with Crippen LogP contribution in [0.15, 0.2) is 48.5 Å². The van der Waals surface area contributed by atoms with Crippen molar-refractivity contribution in [3.05, 3.63) is 87.7 Å². The first kappa shape index (κ1) is 19.8. The summed E-state index contributed by atoms with van der Waals surface area (Å²) in [6, 6.07) is 10.5. The number of aryl methyl sites for hydroxylation is 1. The lowest BCUT2D eigenvalue weighted by Crippen LogP contribution is -2.09. The Kier molecular flexibility index (Phi) is 5.90. The van der Waals surface area contributed by atoms with Crippen LogP contribution in [0, 0.1) is 25.5 Å². The lowest BCUT2D eigenvalue weighted by atomic mass is 10.1. The van der Waals surface area contributed by atoms with E-state index < -0.39 is 17.5 Å². The average Bonchev–Trinajstić information content (AvgIpc) is 2.91. The quantitative estimate of drug-likeness (QED) is 0.602. The minimum atomic E-state index is -0.832. The van der Waals surface area contributed by atoms with Gasteiger partial charge in [0.2, 0.25) is 5.91 Å². The highest BCUT2D eigenvalue weighted by molar-refractivity contribution is 6.31. The molecule has 1 amide bonds. The minimum Gasteiger partial charge on any atom is -0.320 e. The third-order valence-corrected chi connectivity index (χ3v) is 4.67. The van der Waals surface area contributed by atoms with E-state index in [1.165, 1.54) is 12.1 Å². The van der Waals surface area contributed by atoms with Crippen LogP contribution in [0.3, 0.4) is 0 Å². The van der Waals surface area contributed by atoms with Gasteiger partial charge in [-0.25, -0.2) is 8.78 Å². The van der Waals surface area contributed by atoms with Gasteiger partial charge in [-0.15, -0.1) is 0 Å². The molecule has 3 rings (SSSR count). The van der Waals surface area contributed by atoms with Crippen molar-refractivity contribution in [2.75, 3.05) is 5.32 Å². The fraction of sp³-hybridized carbons (Fsp3) is 0.143. The summed E-state index contributed by atoms with van der Waals surface area (Å²) in [7, 11) is 0. The van der Waals surface area contributed by atoms with Crippen molar-refractivity contribution in [1.82, 2.24) is 9.78 Å². The number of amides is 1. The maximum absolute atomic E-state index is 13.6. The molecular formula is C21H18ClF2N3O. The van der Waals surface area contributed by atoms with E-state index in [2.05, 4.69) is 10.4 Å². The van der Waals surface area contributed by atoms with E-state index in [-0.39, 0.29) is 5.69 Å². The molecule has 0 spiro atoms. The number of rotatable bonds is 5. The Morgan fingerprint density at radius 3 is 2.68 bits per heavy atom. The smallest absolute Gasteiger partial charge is 0.248 e. The molecule has 3 aromatic rings. The number of nitrogens with zero attached hydrogens (tertiary/aromatic N) is 2. The Bertz CT molecular complexity index is 1060. The molecule has 4 nitrogen and oxygen atoms in total. The number of hydrogen-bond donors (Lipinski definition) is 1. The van der Waals surface area contributed by atoms with Gasteiger partial charge in [0.15, 0.2) is 0 Å². The number of benzene rings is 2. The van der Waals surface area contributed by atoms with Crippen LogP contribution < -0.4 is 5.32 Å². The van der Waals surface area contributed by atoms with Gasteiger partial charge in [-0.2, -0.15) is 5.10 Å². The zero-order chi connectivity index (χ0) is 20.3. The second kappa shape index (κ2) is 8.35. The first-order valence-corrected chi connectivity index (χ1v) is 8.94. The van der Waals surface area contributed by atoms with Crippen LogP contribution in [0.2, 0.25) is 5.02 Å². The topological polar surface area (TPSA) is 46.9 Å². The first-order chi connectivity index (χ1) is 13.3. The van der Waals surface area contributed by atoms with E-state index in [1.54, 1.807) is 6.08 Å². The maximum Gasteiger partial charge on any atom is 0.248 e. The fourth-order valence-electron chi connectivity index (χ4n) is 2.82. The normalized spacial score (nSPS) is 11.2. The van der Waals surface area contributed by atoms with Gasteiger partial charge >= 0.3 is 0 Å². The van der Waals surface area contributed by atoms with Crippen LogP contribution in [0.25, 0.3) is 6.08 Å². The second-order valence-corrected chi connectivity index (χ2v) is 6.69. The molecule has 0 aliphatic rings. The van der Waals surface area contributed by atoms with Crippen LogP contribution in [0.1, 0.15) is 22.5 Å². The molecule has 1 N–H and O–H groups in total. The minimum absolute atomic E-state index is 0.0843. The average molecular weight is 402 g/mol. The number of anilines is 1. The summed E-state index contributed by atoms with van der Waals surface area (Å²) in [4.78, 5) is 12.1. The summed E-state index contributed by atoms with van der Waals surface area (Å²) in [5.41, 5.74) is 3.27. The van der Waals surface area contributed by atoms with Crippen molar-refractivity contribution >= 4 is 29.3 Å². The van der Waals surface area contributed by atoms with E-state index in [1.807, 2.05) is 42.8 Å². The molecule has 0 aliphatic carbocycles. The summed E-state index contributed by atoms with van der Waals surface area (Å²) in [5.74, 6) is -2.06. The third-order valence-electron chi connectivity index (χ3n) is 4.31. The Balaban J connectivity index is 1.76. The number of carbonyl (C=O) groups is 1. The van der Waals surface area contributed by atoms with E-state index in [4.69, 9.17) is 11.6 Å². The molecule has 0 saturated heterocycles. The zero-order valence-corrected chi connectivity index (χ0v) is 16.1. The van der Waals surface area contributed by atoms with Gasteiger partial charge in [-0.3, -0.25) is 9.48 Å². The van der Waals surface area contributed by atoms with Gasteiger partial charge in [-0.05, 0) is 43.7 Å². The van der Waals surface area contributed by atoms with Gasteiger partial charge in [0.1, 0.15) is 11.6 Å². The first-order valence-electron chi connectivity index (χ1n) is 8.56. The van der Waals surface area contributed by atoms with Crippen molar-refractivity contribution in [2.45, 2.75) is 20.4 Å². The highest BCUT2D eigenvalue weighted by Gasteiger charge is 2.12. The van der Waals surface area contributed by atoms with Crippen LogP contribution in [0.4, 0.5) is 14.5 Å². The summed E-state index contributed by atoms with van der Waals surface area (Å²) < 4.78 is 28.4. The van der Waals surface area contributed by atoms with Crippen molar-refractivity contribution in [1.29, 1.82) is 0 Å². The highest BCUT2D eigenvalue weighted by Crippen LogP contribution is 2.20. The summed E-state index contributed by atoms with van der Waals surface area (Å²) in [6.45, 7) is 4.24. The Morgan fingerprint density at radius 2 is 1.96 bits per heavy atom. The van der Waals surface area contributed by atoms with Crippen LogP contribution in [0.5, 0.6) is 0 Å². The Hall–Kier alpha value is -2.99. The molecule has 28 heavy (non-hydrogen) atoms. The summed E-state index contributed by atoms with van der Waals surface area (Å²) in [5, 5.41) is 7.55. The highest BCUT2D eigenvalue weighted by atomic mass is 35.5. The molecule has 7 heteroatoms. The third kappa shape index (κ3) is 4.46. The van der Waals surface area contributed by atoms with Gasteiger partial charge < -0.3 is 5.32 Å². The lowest BCUT2D eigenvalue weighted by molar-refractivity contribution is -0.111. The predicted octanol–water partition coefficient (Wildman–Crippen LogP) is 5.13. The van der Waals surface area contributed by atoms with Crippen LogP contribution in [-0.2, 0) is 11.3 Å². The molecule has 0 unspecified atom stereocenters. The molecular weight excluding hydrogens is 384 g/mol. The SMILES string of the molecule is Cc1nn(Cc2ccccc2Cl)c(C)c1/C=C/C(=O)Nc1ccc(F)cc1F. The van der Waals surface area contributed by atoms with Crippen LogP contribution >= 0.6 is 11.6 Å².